The number of hydrogen-bond acceptors (Lipinski definition) is 4. The van der Waals surface area contributed by atoms with Gasteiger partial charge in [0, 0.05) is 0 Å². The van der Waals surface area contributed by atoms with Crippen molar-refractivity contribution in [2.45, 2.75) is 0 Å². The molecule has 7 heteroatoms. The zero-order chi connectivity index (χ0) is 15.0. The van der Waals surface area contributed by atoms with Crippen LogP contribution in [0, 0.1) is 0 Å². The van der Waals surface area contributed by atoms with Crippen molar-refractivity contribution in [3.8, 4) is 11.5 Å². The van der Waals surface area contributed by atoms with E-state index < -0.39 is 0 Å². The maximum absolute atomic E-state index is 5.45. The summed E-state index contributed by atoms with van der Waals surface area (Å²) in [6.45, 7) is 0. The van der Waals surface area contributed by atoms with Crippen LogP contribution < -0.4 is 14.8 Å². The zero-order valence-electron chi connectivity index (χ0n) is 11.7. The van der Waals surface area contributed by atoms with Crippen LogP contribution in [0.15, 0.2) is 34.9 Å². The summed E-state index contributed by atoms with van der Waals surface area (Å²) < 4.78 is 13.5. The molecule has 1 aliphatic heterocycles. The molecule has 0 saturated heterocycles. The molecule has 0 bridgehead atoms. The number of ether oxygens (including phenoxy) is 2. The van der Waals surface area contributed by atoms with Gasteiger partial charge in [0.25, 0.3) is 0 Å². The molecule has 106 valence electrons. The van der Waals surface area contributed by atoms with E-state index in [9.17, 15) is 0 Å². The van der Waals surface area contributed by atoms with Gasteiger partial charge in [0.2, 0.25) is 0 Å². The van der Waals surface area contributed by atoms with Gasteiger partial charge in [-0.3, -0.25) is 0 Å². The zero-order valence-corrected chi connectivity index (χ0v) is 13.3. The Balaban J connectivity index is 2.14. The summed E-state index contributed by atoms with van der Waals surface area (Å²) in [5, 5.41) is 7.59. The monoisotopic (exact) mass is 345 g/mol. The second-order valence-electron chi connectivity index (χ2n) is 4.46. The molecule has 0 atom stereocenters. The third-order valence-corrected chi connectivity index (χ3v) is 3.84. The van der Waals surface area contributed by atoms with Gasteiger partial charge in [-0.25, -0.2) is 0 Å². The number of aromatic nitrogens is 2. The number of hydrogen-bond donors (Lipinski definition) is 1. The van der Waals surface area contributed by atoms with Gasteiger partial charge < -0.3 is 0 Å². The molecule has 0 fully saturated rings. The SMILES string of the molecule is B=C1C=C(c2c(OC)cccc2OC)Nc2c(Br)cnn21. The third kappa shape index (κ3) is 2.27. The molecule has 5 nitrogen and oxygen atoms in total. The van der Waals surface area contributed by atoms with Crippen LogP contribution >= 0.6 is 15.9 Å². The predicted molar refractivity (Wildman–Crippen MR) is 88.6 cm³/mol. The average molecular weight is 346 g/mol. The van der Waals surface area contributed by atoms with Crippen molar-refractivity contribution in [1.82, 2.24) is 9.78 Å². The van der Waals surface area contributed by atoms with Crippen molar-refractivity contribution in [2.24, 2.45) is 0 Å². The fourth-order valence-electron chi connectivity index (χ4n) is 2.30. The number of benzene rings is 1. The van der Waals surface area contributed by atoms with E-state index in [0.29, 0.717) is 0 Å². The number of rotatable bonds is 3. The molecule has 3 rings (SSSR count). The Morgan fingerprint density at radius 2 is 1.90 bits per heavy atom. The molecular formula is C14H13BBrN3O2. The van der Waals surface area contributed by atoms with Crippen LogP contribution in [-0.2, 0) is 0 Å². The number of fused-ring (bicyclic) bond motifs is 1. The summed E-state index contributed by atoms with van der Waals surface area (Å²) in [4.78, 5) is 0. The number of allylic oxidation sites excluding steroid dienone is 1. The van der Waals surface area contributed by atoms with E-state index in [-0.39, 0.29) is 0 Å². The summed E-state index contributed by atoms with van der Waals surface area (Å²) in [5.74, 6) is 2.28. The average Bonchev–Trinajstić information content (AvgIpc) is 2.88. The van der Waals surface area contributed by atoms with Gasteiger partial charge >= 0.3 is 131 Å². The van der Waals surface area contributed by atoms with Gasteiger partial charge in [0.15, 0.2) is 0 Å². The third-order valence-electron chi connectivity index (χ3n) is 3.26. The van der Waals surface area contributed by atoms with Crippen LogP contribution in [0.4, 0.5) is 5.82 Å². The molecule has 1 aromatic heterocycles. The second-order valence-corrected chi connectivity index (χ2v) is 5.32. The van der Waals surface area contributed by atoms with Crippen LogP contribution in [-0.4, -0.2) is 37.1 Å². The quantitative estimate of drug-likeness (QED) is 0.864. The molecule has 0 radical (unpaired) electrons. The van der Waals surface area contributed by atoms with Crippen LogP contribution in [0.3, 0.4) is 0 Å². The van der Waals surface area contributed by atoms with Gasteiger partial charge in [-0.2, -0.15) is 0 Å². The molecular weight excluding hydrogens is 333 g/mol. The summed E-state index contributed by atoms with van der Waals surface area (Å²) in [6.07, 6.45) is 3.64. The van der Waals surface area contributed by atoms with Crippen molar-refractivity contribution in [3.05, 3.63) is 40.5 Å². The van der Waals surface area contributed by atoms with Crippen LogP contribution in [0.1, 0.15) is 5.56 Å². The first-order chi connectivity index (χ1) is 10.2. The molecule has 0 unspecified atom stereocenters. The first-order valence-electron chi connectivity index (χ1n) is 6.28. The summed E-state index contributed by atoms with van der Waals surface area (Å²) in [5.41, 5.74) is 2.46. The number of halogens is 1. The van der Waals surface area contributed by atoms with Gasteiger partial charge in [0.05, 0.1) is 0 Å². The fraction of sp³-hybridized carbons (Fsp3) is 0.143. The molecule has 0 spiro atoms. The standard InChI is InChI=1S/C14H13BBrN3O2/c1-20-10-4-3-5-11(21-2)13(10)9-6-12(15)19-14(18-9)8(16)7-17-19/h3-7,15,18H,1-2H3. The summed E-state index contributed by atoms with van der Waals surface area (Å²) in [7, 11) is 7.31. The molecule has 0 saturated carbocycles. The Labute approximate surface area is 131 Å². The van der Waals surface area contributed by atoms with Crippen molar-refractivity contribution in [1.29, 1.82) is 0 Å². The van der Waals surface area contributed by atoms with Crippen molar-refractivity contribution in [3.63, 3.8) is 0 Å². The Bertz CT molecular complexity index is 732. The summed E-state index contributed by atoms with van der Waals surface area (Å²) in [6, 6.07) is 5.67. The number of nitrogens with zero attached hydrogens (tertiary/aromatic N) is 2. The van der Waals surface area contributed by atoms with Crippen LogP contribution in [0.2, 0.25) is 0 Å². The number of methoxy groups -OCH3 is 2. The van der Waals surface area contributed by atoms with Gasteiger partial charge in [-0.05, 0) is 0 Å². The molecule has 0 aliphatic carbocycles. The first kappa shape index (κ1) is 13.9. The molecule has 21 heavy (non-hydrogen) atoms. The molecule has 1 aromatic carbocycles. The topological polar surface area (TPSA) is 48.3 Å². The maximum atomic E-state index is 5.45. The van der Waals surface area contributed by atoms with Crippen LogP contribution in [0.5, 0.6) is 11.5 Å². The minimum absolute atomic E-state index is 0.727. The van der Waals surface area contributed by atoms with Crippen molar-refractivity contribution < 1.29 is 9.47 Å². The van der Waals surface area contributed by atoms with E-state index in [1.165, 1.54) is 0 Å². The molecule has 0 amide bonds. The van der Waals surface area contributed by atoms with E-state index in [0.717, 1.165) is 38.6 Å². The second kappa shape index (κ2) is 5.40. The van der Waals surface area contributed by atoms with E-state index in [1.54, 1.807) is 25.1 Å². The first-order valence-corrected chi connectivity index (χ1v) is 7.08. The molecule has 1 aliphatic rings. The Morgan fingerprint density at radius 1 is 1.24 bits per heavy atom. The number of anilines is 1. The van der Waals surface area contributed by atoms with Gasteiger partial charge in [0.1, 0.15) is 0 Å². The molecule has 1 N–H and O–H groups in total. The fourth-order valence-corrected chi connectivity index (χ4v) is 2.66. The van der Waals surface area contributed by atoms with E-state index in [1.807, 2.05) is 24.3 Å². The Morgan fingerprint density at radius 3 is 2.52 bits per heavy atom. The van der Waals surface area contributed by atoms with E-state index in [4.69, 9.17) is 9.47 Å². The van der Waals surface area contributed by atoms with Crippen molar-refractivity contribution in [2.75, 3.05) is 19.5 Å². The van der Waals surface area contributed by atoms with Crippen molar-refractivity contribution >= 4 is 40.5 Å². The Hall–Kier alpha value is -2.02. The van der Waals surface area contributed by atoms with Gasteiger partial charge in [-0.15, -0.1) is 0 Å². The van der Waals surface area contributed by atoms with Crippen LogP contribution in [0.25, 0.3) is 5.70 Å². The van der Waals surface area contributed by atoms with Gasteiger partial charge in [-0.1, -0.05) is 0 Å². The molecule has 2 heterocycles. The van der Waals surface area contributed by atoms with E-state index in [2.05, 4.69) is 33.8 Å². The summed E-state index contributed by atoms with van der Waals surface area (Å²) >= 11 is 3.47. The Kier molecular flexibility index (Phi) is 3.59. The minimum atomic E-state index is 0.727. The predicted octanol–water partition coefficient (Wildman–Crippen LogP) is 2.01. The number of nitrogens with one attached hydrogen (secondary N) is 1. The van der Waals surface area contributed by atoms with E-state index >= 15 is 0 Å². The molecule has 2 aromatic rings. The normalized spacial score (nSPS) is 13.2.